The SMILES string of the molecule is CCCNc1nc(-c2cccc(C)c2)nc2ccccc12. The standard InChI is InChI=1S/C18H19N3/c1-3-11-19-18-15-9-4-5-10-16(15)20-17(21-18)14-8-6-7-13(2)12-14/h4-10,12H,3,11H2,1-2H3,(H,19,20,21). The number of hydrogen-bond acceptors (Lipinski definition) is 3. The van der Waals surface area contributed by atoms with E-state index in [4.69, 9.17) is 9.97 Å². The van der Waals surface area contributed by atoms with Gasteiger partial charge in [0.1, 0.15) is 5.82 Å². The van der Waals surface area contributed by atoms with Crippen molar-refractivity contribution in [1.29, 1.82) is 0 Å². The van der Waals surface area contributed by atoms with E-state index in [-0.39, 0.29) is 0 Å². The lowest BCUT2D eigenvalue weighted by Gasteiger charge is -2.10. The van der Waals surface area contributed by atoms with Gasteiger partial charge in [-0.2, -0.15) is 0 Å². The topological polar surface area (TPSA) is 37.8 Å². The van der Waals surface area contributed by atoms with E-state index < -0.39 is 0 Å². The minimum Gasteiger partial charge on any atom is -0.369 e. The highest BCUT2D eigenvalue weighted by Gasteiger charge is 2.08. The quantitative estimate of drug-likeness (QED) is 0.766. The summed E-state index contributed by atoms with van der Waals surface area (Å²) in [6, 6.07) is 16.4. The number of fused-ring (bicyclic) bond motifs is 1. The second kappa shape index (κ2) is 5.92. The van der Waals surface area contributed by atoms with E-state index in [0.29, 0.717) is 0 Å². The Hall–Kier alpha value is -2.42. The van der Waals surface area contributed by atoms with Crippen molar-refractivity contribution >= 4 is 16.7 Å². The molecule has 0 spiro atoms. The highest BCUT2D eigenvalue weighted by atomic mass is 15.0. The summed E-state index contributed by atoms with van der Waals surface area (Å²) in [6.45, 7) is 5.15. The normalized spacial score (nSPS) is 10.8. The van der Waals surface area contributed by atoms with Crippen molar-refractivity contribution in [1.82, 2.24) is 9.97 Å². The first-order chi connectivity index (χ1) is 10.3. The number of para-hydroxylation sites is 1. The molecule has 1 N–H and O–H groups in total. The molecule has 0 amide bonds. The fourth-order valence-electron chi connectivity index (χ4n) is 2.37. The fourth-order valence-corrected chi connectivity index (χ4v) is 2.37. The maximum Gasteiger partial charge on any atom is 0.162 e. The fraction of sp³-hybridized carbons (Fsp3) is 0.222. The number of nitrogens with one attached hydrogen (secondary N) is 1. The van der Waals surface area contributed by atoms with Crippen LogP contribution in [-0.4, -0.2) is 16.5 Å². The number of benzene rings is 2. The van der Waals surface area contributed by atoms with Crippen LogP contribution < -0.4 is 5.32 Å². The van der Waals surface area contributed by atoms with E-state index in [2.05, 4.69) is 43.4 Å². The number of anilines is 1. The second-order valence-electron chi connectivity index (χ2n) is 5.21. The monoisotopic (exact) mass is 277 g/mol. The molecule has 2 aromatic carbocycles. The zero-order valence-electron chi connectivity index (χ0n) is 12.4. The molecule has 3 heteroatoms. The molecule has 0 aliphatic carbocycles. The molecule has 106 valence electrons. The van der Waals surface area contributed by atoms with Crippen molar-refractivity contribution in [3.05, 3.63) is 54.1 Å². The lowest BCUT2D eigenvalue weighted by atomic mass is 10.1. The Morgan fingerprint density at radius 3 is 2.67 bits per heavy atom. The number of rotatable bonds is 4. The average molecular weight is 277 g/mol. The van der Waals surface area contributed by atoms with Crippen molar-refractivity contribution in [2.75, 3.05) is 11.9 Å². The molecular formula is C18H19N3. The van der Waals surface area contributed by atoms with E-state index in [1.807, 2.05) is 24.3 Å². The Bertz CT molecular complexity index is 765. The molecule has 21 heavy (non-hydrogen) atoms. The molecule has 1 aromatic heterocycles. The van der Waals surface area contributed by atoms with Gasteiger partial charge in [0.25, 0.3) is 0 Å². The zero-order valence-corrected chi connectivity index (χ0v) is 12.4. The van der Waals surface area contributed by atoms with Crippen LogP contribution in [-0.2, 0) is 0 Å². The van der Waals surface area contributed by atoms with Crippen molar-refractivity contribution in [3.8, 4) is 11.4 Å². The first-order valence-corrected chi connectivity index (χ1v) is 7.35. The molecule has 3 rings (SSSR count). The molecule has 3 nitrogen and oxygen atoms in total. The van der Waals surface area contributed by atoms with Gasteiger partial charge in [-0.05, 0) is 31.5 Å². The summed E-state index contributed by atoms with van der Waals surface area (Å²) in [5.74, 6) is 1.69. The van der Waals surface area contributed by atoms with Gasteiger partial charge >= 0.3 is 0 Å². The summed E-state index contributed by atoms with van der Waals surface area (Å²) in [7, 11) is 0. The molecule has 0 radical (unpaired) electrons. The van der Waals surface area contributed by atoms with Crippen LogP contribution in [0.5, 0.6) is 0 Å². The summed E-state index contributed by atoms with van der Waals surface area (Å²) in [6.07, 6.45) is 1.07. The van der Waals surface area contributed by atoms with Gasteiger partial charge in [-0.15, -0.1) is 0 Å². The molecule has 0 atom stereocenters. The zero-order chi connectivity index (χ0) is 14.7. The van der Waals surface area contributed by atoms with Gasteiger partial charge in [-0.25, -0.2) is 9.97 Å². The Labute approximate surface area is 125 Å². The molecule has 0 bridgehead atoms. The smallest absolute Gasteiger partial charge is 0.162 e. The van der Waals surface area contributed by atoms with Gasteiger partial charge in [0.05, 0.1) is 5.52 Å². The first-order valence-electron chi connectivity index (χ1n) is 7.35. The third kappa shape index (κ3) is 2.87. The number of hydrogen-bond donors (Lipinski definition) is 1. The molecule has 0 aliphatic heterocycles. The minimum atomic E-state index is 0.774. The molecule has 0 fully saturated rings. The van der Waals surface area contributed by atoms with Crippen molar-refractivity contribution < 1.29 is 0 Å². The number of aromatic nitrogens is 2. The Kier molecular flexibility index (Phi) is 3.82. The van der Waals surface area contributed by atoms with Crippen LogP contribution in [0, 0.1) is 6.92 Å². The second-order valence-corrected chi connectivity index (χ2v) is 5.21. The Balaban J connectivity index is 2.15. The lowest BCUT2D eigenvalue weighted by Crippen LogP contribution is -2.04. The average Bonchev–Trinajstić information content (AvgIpc) is 2.52. The minimum absolute atomic E-state index is 0.774. The van der Waals surface area contributed by atoms with Crippen LogP contribution in [0.1, 0.15) is 18.9 Å². The van der Waals surface area contributed by atoms with Gasteiger partial charge in [0, 0.05) is 17.5 Å². The summed E-state index contributed by atoms with van der Waals surface area (Å²) in [5.41, 5.74) is 3.25. The molecule has 0 unspecified atom stereocenters. The van der Waals surface area contributed by atoms with Crippen LogP contribution in [0.3, 0.4) is 0 Å². The molecule has 0 aliphatic rings. The van der Waals surface area contributed by atoms with Gasteiger partial charge in [-0.3, -0.25) is 0 Å². The lowest BCUT2D eigenvalue weighted by molar-refractivity contribution is 0.970. The number of aryl methyl sites for hydroxylation is 1. The third-order valence-corrected chi connectivity index (χ3v) is 3.42. The van der Waals surface area contributed by atoms with E-state index >= 15 is 0 Å². The summed E-state index contributed by atoms with van der Waals surface area (Å²) in [4.78, 5) is 9.43. The highest BCUT2D eigenvalue weighted by Crippen LogP contribution is 2.25. The van der Waals surface area contributed by atoms with Gasteiger partial charge in [-0.1, -0.05) is 42.8 Å². The van der Waals surface area contributed by atoms with E-state index in [9.17, 15) is 0 Å². The predicted molar refractivity (Wildman–Crippen MR) is 88.5 cm³/mol. The maximum atomic E-state index is 4.73. The number of nitrogens with zero attached hydrogens (tertiary/aromatic N) is 2. The Morgan fingerprint density at radius 2 is 1.86 bits per heavy atom. The van der Waals surface area contributed by atoms with Gasteiger partial charge in [0.2, 0.25) is 0 Å². The molecule has 1 heterocycles. The van der Waals surface area contributed by atoms with Gasteiger partial charge in [0.15, 0.2) is 5.82 Å². The highest BCUT2D eigenvalue weighted by molar-refractivity contribution is 5.90. The van der Waals surface area contributed by atoms with Crippen LogP contribution in [0.15, 0.2) is 48.5 Å². The van der Waals surface area contributed by atoms with Crippen LogP contribution in [0.2, 0.25) is 0 Å². The predicted octanol–water partition coefficient (Wildman–Crippen LogP) is 4.43. The third-order valence-electron chi connectivity index (χ3n) is 3.42. The molecule has 3 aromatic rings. The van der Waals surface area contributed by atoms with E-state index in [1.165, 1.54) is 5.56 Å². The molecular weight excluding hydrogens is 258 g/mol. The van der Waals surface area contributed by atoms with Crippen molar-refractivity contribution in [3.63, 3.8) is 0 Å². The van der Waals surface area contributed by atoms with Gasteiger partial charge < -0.3 is 5.32 Å². The summed E-state index contributed by atoms with van der Waals surface area (Å²) >= 11 is 0. The van der Waals surface area contributed by atoms with E-state index in [0.717, 1.165) is 41.1 Å². The summed E-state index contributed by atoms with van der Waals surface area (Å²) < 4.78 is 0. The van der Waals surface area contributed by atoms with Crippen molar-refractivity contribution in [2.24, 2.45) is 0 Å². The van der Waals surface area contributed by atoms with E-state index in [1.54, 1.807) is 0 Å². The summed E-state index contributed by atoms with van der Waals surface area (Å²) in [5, 5.41) is 4.48. The van der Waals surface area contributed by atoms with Crippen LogP contribution in [0.4, 0.5) is 5.82 Å². The largest absolute Gasteiger partial charge is 0.369 e. The molecule has 0 saturated heterocycles. The molecule has 0 saturated carbocycles. The maximum absolute atomic E-state index is 4.73. The van der Waals surface area contributed by atoms with Crippen molar-refractivity contribution in [2.45, 2.75) is 20.3 Å². The van der Waals surface area contributed by atoms with Crippen LogP contribution in [0.25, 0.3) is 22.3 Å². The van der Waals surface area contributed by atoms with Crippen LogP contribution >= 0.6 is 0 Å². The Morgan fingerprint density at radius 1 is 1.00 bits per heavy atom. The first kappa shape index (κ1) is 13.6.